The molecular formula is C12H9F6N3O2S. The molecule has 3 rings (SSSR count). The minimum absolute atomic E-state index is 0.00816. The van der Waals surface area contributed by atoms with Crippen molar-refractivity contribution in [3.63, 3.8) is 0 Å². The first-order valence-corrected chi connectivity index (χ1v) is 8.31. The van der Waals surface area contributed by atoms with E-state index in [4.69, 9.17) is 0 Å². The van der Waals surface area contributed by atoms with Crippen LogP contribution in [-0.2, 0) is 22.2 Å². The number of aromatic nitrogens is 2. The predicted octanol–water partition coefficient (Wildman–Crippen LogP) is 2.62. The molecule has 0 aliphatic carbocycles. The van der Waals surface area contributed by atoms with Crippen LogP contribution in [0.4, 0.5) is 26.3 Å². The number of hydrogen-bond acceptors (Lipinski definition) is 4. The maximum atomic E-state index is 13.1. The summed E-state index contributed by atoms with van der Waals surface area (Å²) in [5.41, 5.74) is -4.14. The third kappa shape index (κ3) is 3.07. The van der Waals surface area contributed by atoms with Crippen molar-refractivity contribution in [3.05, 3.63) is 29.1 Å². The standard InChI is InChI=1S/C12H9F6N3O2S/c13-11(14,15)5-1-6(12(16,17)18)9-7(2-5)20-10(21-9)8-3-24(22,23)4-19-8/h1-2,8,19H,3-4H2,(H,20,21). The molecule has 0 radical (unpaired) electrons. The van der Waals surface area contributed by atoms with E-state index in [2.05, 4.69) is 15.3 Å². The van der Waals surface area contributed by atoms with Gasteiger partial charge in [0.2, 0.25) is 0 Å². The number of rotatable bonds is 1. The number of benzene rings is 1. The van der Waals surface area contributed by atoms with Crippen LogP contribution in [0.2, 0.25) is 0 Å². The van der Waals surface area contributed by atoms with Gasteiger partial charge in [0.1, 0.15) is 11.3 Å². The van der Waals surface area contributed by atoms with Crippen molar-refractivity contribution >= 4 is 20.9 Å². The van der Waals surface area contributed by atoms with Gasteiger partial charge < -0.3 is 4.98 Å². The van der Waals surface area contributed by atoms with Crippen molar-refractivity contribution in [1.29, 1.82) is 0 Å². The zero-order valence-electron chi connectivity index (χ0n) is 11.6. The van der Waals surface area contributed by atoms with Crippen LogP contribution in [0, 0.1) is 0 Å². The van der Waals surface area contributed by atoms with Gasteiger partial charge in [0, 0.05) is 0 Å². The van der Waals surface area contributed by atoms with Crippen LogP contribution in [0.3, 0.4) is 0 Å². The van der Waals surface area contributed by atoms with Gasteiger partial charge in [-0.3, -0.25) is 5.32 Å². The number of hydrogen-bond donors (Lipinski definition) is 2. The third-order valence-corrected chi connectivity index (χ3v) is 4.99. The van der Waals surface area contributed by atoms with E-state index in [0.29, 0.717) is 6.07 Å². The maximum Gasteiger partial charge on any atom is 0.418 e. The summed E-state index contributed by atoms with van der Waals surface area (Å²) in [7, 11) is -3.42. The monoisotopic (exact) mass is 373 g/mol. The molecule has 0 amide bonds. The van der Waals surface area contributed by atoms with Crippen molar-refractivity contribution in [1.82, 2.24) is 15.3 Å². The molecule has 1 unspecified atom stereocenters. The molecule has 0 bridgehead atoms. The maximum absolute atomic E-state index is 13.1. The molecule has 0 saturated carbocycles. The predicted molar refractivity (Wildman–Crippen MR) is 70.6 cm³/mol. The van der Waals surface area contributed by atoms with Crippen molar-refractivity contribution < 1.29 is 34.8 Å². The largest absolute Gasteiger partial charge is 0.418 e. The van der Waals surface area contributed by atoms with Gasteiger partial charge in [-0.25, -0.2) is 13.4 Å². The van der Waals surface area contributed by atoms with Gasteiger partial charge >= 0.3 is 12.4 Å². The summed E-state index contributed by atoms with van der Waals surface area (Å²) >= 11 is 0. The van der Waals surface area contributed by atoms with Crippen molar-refractivity contribution in [3.8, 4) is 0 Å². The Morgan fingerprint density at radius 1 is 1.08 bits per heavy atom. The van der Waals surface area contributed by atoms with Gasteiger partial charge in [-0.05, 0) is 12.1 Å². The van der Waals surface area contributed by atoms with Gasteiger partial charge in [-0.1, -0.05) is 0 Å². The molecule has 1 aromatic carbocycles. The summed E-state index contributed by atoms with van der Waals surface area (Å²) in [6.07, 6.45) is -10.0. The normalized spacial score (nSPS) is 21.5. The fraction of sp³-hybridized carbons (Fsp3) is 0.417. The summed E-state index contributed by atoms with van der Waals surface area (Å²) < 4.78 is 100. The fourth-order valence-electron chi connectivity index (χ4n) is 2.46. The summed E-state index contributed by atoms with van der Waals surface area (Å²) in [6, 6.07) is -0.395. The SMILES string of the molecule is O=S1(=O)CNC(c2nc3c(C(F)(F)F)cc(C(F)(F)F)cc3[nH]2)C1. The quantitative estimate of drug-likeness (QED) is 0.754. The number of nitrogens with zero attached hydrogens (tertiary/aromatic N) is 1. The molecule has 2 heterocycles. The van der Waals surface area contributed by atoms with E-state index < -0.39 is 56.1 Å². The summed E-state index contributed by atoms with van der Waals surface area (Å²) in [4.78, 5) is 6.04. The van der Waals surface area contributed by atoms with Gasteiger partial charge in [0.05, 0.1) is 34.3 Å². The lowest BCUT2D eigenvalue weighted by atomic mass is 10.1. The molecular weight excluding hydrogens is 364 g/mol. The number of imidazole rings is 1. The second kappa shape index (κ2) is 5.09. The Kier molecular flexibility index (Phi) is 3.61. The van der Waals surface area contributed by atoms with Crippen molar-refractivity contribution in [2.24, 2.45) is 0 Å². The van der Waals surface area contributed by atoms with E-state index in [0.717, 1.165) is 0 Å². The van der Waals surface area contributed by atoms with E-state index in [1.54, 1.807) is 0 Å². The van der Waals surface area contributed by atoms with Crippen LogP contribution < -0.4 is 5.32 Å². The zero-order valence-corrected chi connectivity index (χ0v) is 12.4. The lowest BCUT2D eigenvalue weighted by Gasteiger charge is -2.11. The number of alkyl halides is 6. The van der Waals surface area contributed by atoms with Gasteiger partial charge in [-0.2, -0.15) is 26.3 Å². The Morgan fingerprint density at radius 3 is 2.25 bits per heavy atom. The van der Waals surface area contributed by atoms with E-state index in [1.807, 2.05) is 0 Å². The smallest absolute Gasteiger partial charge is 0.341 e. The highest BCUT2D eigenvalue weighted by atomic mass is 32.2. The molecule has 24 heavy (non-hydrogen) atoms. The van der Waals surface area contributed by atoms with E-state index >= 15 is 0 Å². The minimum atomic E-state index is -5.04. The summed E-state index contributed by atoms with van der Waals surface area (Å²) in [5.74, 6) is -0.939. The van der Waals surface area contributed by atoms with Crippen molar-refractivity contribution in [2.45, 2.75) is 18.4 Å². The van der Waals surface area contributed by atoms with Crippen LogP contribution in [0.1, 0.15) is 23.0 Å². The average molecular weight is 373 g/mol. The highest BCUT2D eigenvalue weighted by Crippen LogP contribution is 2.39. The van der Waals surface area contributed by atoms with Crippen LogP contribution >= 0.6 is 0 Å². The van der Waals surface area contributed by atoms with Crippen molar-refractivity contribution in [2.75, 3.05) is 11.6 Å². The second-order valence-electron chi connectivity index (χ2n) is 5.35. The lowest BCUT2D eigenvalue weighted by molar-refractivity contribution is -0.142. The van der Waals surface area contributed by atoms with E-state index in [1.165, 1.54) is 0 Å². The molecule has 5 nitrogen and oxygen atoms in total. The van der Waals surface area contributed by atoms with E-state index in [9.17, 15) is 34.8 Å². The molecule has 2 aromatic rings. The second-order valence-corrected chi connectivity index (χ2v) is 7.46. The number of aromatic amines is 1. The Morgan fingerprint density at radius 2 is 1.75 bits per heavy atom. The number of fused-ring (bicyclic) bond motifs is 1. The Bertz CT molecular complexity index is 900. The van der Waals surface area contributed by atoms with Gasteiger partial charge in [0.15, 0.2) is 9.84 Å². The first-order valence-electron chi connectivity index (χ1n) is 6.49. The lowest BCUT2D eigenvalue weighted by Crippen LogP contribution is -2.16. The molecule has 1 aromatic heterocycles. The molecule has 1 aliphatic heterocycles. The molecule has 12 heteroatoms. The van der Waals surface area contributed by atoms with Crippen LogP contribution in [0.15, 0.2) is 12.1 Å². The molecule has 1 atom stereocenters. The Labute approximate surface area is 131 Å². The molecule has 1 saturated heterocycles. The Hall–Kier alpha value is -1.82. The highest BCUT2D eigenvalue weighted by Gasteiger charge is 2.40. The summed E-state index contributed by atoms with van der Waals surface area (Å²) in [6.45, 7) is 0. The third-order valence-electron chi connectivity index (χ3n) is 3.54. The first-order chi connectivity index (χ1) is 10.9. The Balaban J connectivity index is 2.18. The molecule has 1 aliphatic rings. The number of halogens is 6. The topological polar surface area (TPSA) is 74.8 Å². The molecule has 0 spiro atoms. The minimum Gasteiger partial charge on any atom is -0.341 e. The van der Waals surface area contributed by atoms with Crippen LogP contribution in [0.25, 0.3) is 11.0 Å². The zero-order chi connectivity index (χ0) is 17.9. The fourth-order valence-corrected chi connectivity index (χ4v) is 3.81. The number of nitrogens with one attached hydrogen (secondary N) is 2. The van der Waals surface area contributed by atoms with E-state index in [-0.39, 0.29) is 17.8 Å². The van der Waals surface area contributed by atoms with Crippen LogP contribution in [0.5, 0.6) is 0 Å². The molecule has 132 valence electrons. The molecule has 1 fully saturated rings. The first kappa shape index (κ1) is 17.0. The van der Waals surface area contributed by atoms with Gasteiger partial charge in [0.25, 0.3) is 0 Å². The number of sulfone groups is 1. The van der Waals surface area contributed by atoms with Gasteiger partial charge in [-0.15, -0.1) is 0 Å². The van der Waals surface area contributed by atoms with Crippen LogP contribution in [-0.4, -0.2) is 30.0 Å². The summed E-state index contributed by atoms with van der Waals surface area (Å²) in [5, 5.41) is 2.54. The number of H-pyrrole nitrogens is 1. The highest BCUT2D eigenvalue weighted by molar-refractivity contribution is 7.91. The molecule has 2 N–H and O–H groups in total. The average Bonchev–Trinajstić information content (AvgIpc) is 2.97.